The van der Waals surface area contributed by atoms with Gasteiger partial charge in [0.05, 0.1) is 17.7 Å². The number of hydrogen-bond acceptors (Lipinski definition) is 4. The molecule has 4 heteroatoms. The molecule has 170 valence electrons. The van der Waals surface area contributed by atoms with Gasteiger partial charge in [0.1, 0.15) is 5.75 Å². The molecule has 0 N–H and O–H groups in total. The fourth-order valence-corrected chi connectivity index (χ4v) is 3.36. The summed E-state index contributed by atoms with van der Waals surface area (Å²) in [6.45, 7) is 15.2. The highest BCUT2D eigenvalue weighted by Crippen LogP contribution is 2.19. The zero-order chi connectivity index (χ0) is 24.5. The Morgan fingerprint density at radius 1 is 0.647 bits per heavy atom. The van der Waals surface area contributed by atoms with Crippen molar-refractivity contribution in [3.05, 3.63) is 126 Å². The van der Waals surface area contributed by atoms with Crippen LogP contribution in [0.2, 0.25) is 0 Å². The van der Waals surface area contributed by atoms with Crippen molar-refractivity contribution in [1.29, 1.82) is 0 Å². The van der Waals surface area contributed by atoms with Crippen LogP contribution in [0.5, 0.6) is 5.75 Å². The third-order valence-corrected chi connectivity index (χ3v) is 5.28. The van der Waals surface area contributed by atoms with Crippen LogP contribution in [-0.4, -0.2) is 18.5 Å². The Balaban J connectivity index is 1.55. The highest BCUT2D eigenvalue weighted by atomic mass is 16.5. The lowest BCUT2D eigenvalue weighted by atomic mass is 10.0. The molecule has 0 aliphatic rings. The van der Waals surface area contributed by atoms with Crippen molar-refractivity contribution in [2.24, 2.45) is 0 Å². The average molecular weight is 451 g/mol. The quantitative estimate of drug-likeness (QED) is 0.250. The smallest absolute Gasteiger partial charge is 0.343 e. The first kappa shape index (κ1) is 24.2. The van der Waals surface area contributed by atoms with Gasteiger partial charge in [-0.1, -0.05) is 74.9 Å². The average Bonchev–Trinajstić information content (AvgIpc) is 2.88. The molecule has 0 saturated carbocycles. The molecule has 3 rings (SSSR count). The van der Waals surface area contributed by atoms with Crippen LogP contribution in [0.3, 0.4) is 0 Å². The second-order valence-corrected chi connectivity index (χ2v) is 7.42. The van der Waals surface area contributed by atoms with E-state index in [0.29, 0.717) is 23.3 Å². The van der Waals surface area contributed by atoms with Gasteiger partial charge in [-0.2, -0.15) is 0 Å². The molecule has 4 nitrogen and oxygen atoms in total. The number of rotatable bonds is 10. The van der Waals surface area contributed by atoms with Gasteiger partial charge in [-0.25, -0.2) is 9.59 Å². The SMILES string of the molecule is C=Cc1ccc(C(=O)OCCc2ccc(OC(=O)c3ccc(C=C)c(C=C)c3)cc2)cc1C=C. The second kappa shape index (κ2) is 11.4. The van der Waals surface area contributed by atoms with E-state index in [2.05, 4.69) is 26.3 Å². The van der Waals surface area contributed by atoms with Gasteiger partial charge in [0.15, 0.2) is 0 Å². The van der Waals surface area contributed by atoms with Crippen molar-refractivity contribution in [3.8, 4) is 5.75 Å². The van der Waals surface area contributed by atoms with E-state index >= 15 is 0 Å². The number of benzene rings is 3. The molecule has 0 aliphatic carbocycles. The van der Waals surface area contributed by atoms with Crippen molar-refractivity contribution in [2.45, 2.75) is 6.42 Å². The second-order valence-electron chi connectivity index (χ2n) is 7.42. The van der Waals surface area contributed by atoms with Crippen molar-refractivity contribution in [2.75, 3.05) is 6.61 Å². The molecule has 0 fully saturated rings. The molecule has 0 atom stereocenters. The summed E-state index contributed by atoms with van der Waals surface area (Å²) in [6.07, 6.45) is 7.30. The summed E-state index contributed by atoms with van der Waals surface area (Å²) in [4.78, 5) is 24.8. The maximum Gasteiger partial charge on any atom is 0.343 e. The zero-order valence-corrected chi connectivity index (χ0v) is 19.0. The molecule has 34 heavy (non-hydrogen) atoms. The van der Waals surface area contributed by atoms with Crippen LogP contribution in [0.1, 0.15) is 48.5 Å². The Hall–Kier alpha value is -4.44. The number of carbonyl (C=O) groups excluding carboxylic acids is 2. The minimum atomic E-state index is -0.457. The lowest BCUT2D eigenvalue weighted by Gasteiger charge is -2.09. The molecule has 0 unspecified atom stereocenters. The molecule has 3 aromatic carbocycles. The molecule has 3 aromatic rings. The number of carbonyl (C=O) groups is 2. The van der Waals surface area contributed by atoms with Crippen LogP contribution in [-0.2, 0) is 11.2 Å². The van der Waals surface area contributed by atoms with E-state index in [1.54, 1.807) is 66.8 Å². The molecule has 0 bridgehead atoms. The molecule has 0 spiro atoms. The van der Waals surface area contributed by atoms with Crippen molar-refractivity contribution < 1.29 is 19.1 Å². The predicted octanol–water partition coefficient (Wildman–Crippen LogP) is 6.88. The summed E-state index contributed by atoms with van der Waals surface area (Å²) < 4.78 is 10.9. The highest BCUT2D eigenvalue weighted by molar-refractivity contribution is 5.92. The Labute approximate surface area is 200 Å². The molecule has 0 amide bonds. The first-order valence-corrected chi connectivity index (χ1v) is 10.7. The van der Waals surface area contributed by atoms with Gasteiger partial charge in [0.25, 0.3) is 0 Å². The lowest BCUT2D eigenvalue weighted by Crippen LogP contribution is -2.09. The summed E-state index contributed by atoms with van der Waals surface area (Å²) in [5.74, 6) is -0.426. The van der Waals surface area contributed by atoms with E-state index in [1.807, 2.05) is 18.2 Å². The maximum atomic E-state index is 12.5. The van der Waals surface area contributed by atoms with Gasteiger partial charge in [0, 0.05) is 6.42 Å². The molecule has 0 heterocycles. The first-order chi connectivity index (χ1) is 16.5. The normalized spacial score (nSPS) is 10.1. The van der Waals surface area contributed by atoms with Gasteiger partial charge in [-0.3, -0.25) is 0 Å². The zero-order valence-electron chi connectivity index (χ0n) is 19.0. The predicted molar refractivity (Wildman–Crippen MR) is 139 cm³/mol. The minimum absolute atomic E-state index is 0.227. The Morgan fingerprint density at radius 3 is 1.65 bits per heavy atom. The van der Waals surface area contributed by atoms with E-state index in [-0.39, 0.29) is 6.61 Å². The Morgan fingerprint density at radius 2 is 1.15 bits per heavy atom. The summed E-state index contributed by atoms with van der Waals surface area (Å²) in [7, 11) is 0. The van der Waals surface area contributed by atoms with Gasteiger partial charge in [-0.15, -0.1) is 0 Å². The van der Waals surface area contributed by atoms with Crippen LogP contribution in [0.25, 0.3) is 24.3 Å². The van der Waals surface area contributed by atoms with Gasteiger partial charge < -0.3 is 9.47 Å². The van der Waals surface area contributed by atoms with Gasteiger partial charge in [0.2, 0.25) is 0 Å². The molecule has 0 aromatic heterocycles. The number of ether oxygens (including phenoxy) is 2. The Kier molecular flexibility index (Phi) is 8.14. The van der Waals surface area contributed by atoms with E-state index in [4.69, 9.17) is 9.47 Å². The van der Waals surface area contributed by atoms with Crippen LogP contribution >= 0.6 is 0 Å². The van der Waals surface area contributed by atoms with E-state index in [9.17, 15) is 9.59 Å². The van der Waals surface area contributed by atoms with Gasteiger partial charge in [-0.05, 0) is 64.2 Å². The number of hydrogen-bond donors (Lipinski definition) is 0. The van der Waals surface area contributed by atoms with Crippen LogP contribution in [0.4, 0.5) is 0 Å². The van der Waals surface area contributed by atoms with E-state index in [0.717, 1.165) is 27.8 Å². The summed E-state index contributed by atoms with van der Waals surface area (Å²) in [5, 5.41) is 0. The highest BCUT2D eigenvalue weighted by Gasteiger charge is 2.11. The monoisotopic (exact) mass is 450 g/mol. The largest absolute Gasteiger partial charge is 0.462 e. The summed E-state index contributed by atoms with van der Waals surface area (Å²) in [5.41, 5.74) is 5.28. The third-order valence-electron chi connectivity index (χ3n) is 5.28. The van der Waals surface area contributed by atoms with E-state index < -0.39 is 11.9 Å². The van der Waals surface area contributed by atoms with Gasteiger partial charge >= 0.3 is 11.9 Å². The maximum absolute atomic E-state index is 12.5. The molecule has 0 saturated heterocycles. The van der Waals surface area contributed by atoms with E-state index in [1.165, 1.54) is 0 Å². The first-order valence-electron chi connectivity index (χ1n) is 10.7. The van der Waals surface area contributed by atoms with Crippen LogP contribution in [0.15, 0.2) is 87.0 Å². The van der Waals surface area contributed by atoms with Crippen molar-refractivity contribution in [3.63, 3.8) is 0 Å². The summed E-state index contributed by atoms with van der Waals surface area (Å²) in [6, 6.07) is 17.6. The third kappa shape index (κ3) is 5.87. The minimum Gasteiger partial charge on any atom is -0.462 e. The number of esters is 2. The molecule has 0 aliphatic heterocycles. The fraction of sp³-hybridized carbons (Fsp3) is 0.0667. The van der Waals surface area contributed by atoms with Crippen LogP contribution in [0, 0.1) is 0 Å². The molecular formula is C30H26O4. The van der Waals surface area contributed by atoms with Crippen molar-refractivity contribution >= 4 is 36.2 Å². The van der Waals surface area contributed by atoms with Crippen molar-refractivity contribution in [1.82, 2.24) is 0 Å². The molecule has 0 radical (unpaired) electrons. The topological polar surface area (TPSA) is 52.6 Å². The lowest BCUT2D eigenvalue weighted by molar-refractivity contribution is 0.0508. The fourth-order valence-electron chi connectivity index (χ4n) is 3.36. The summed E-state index contributed by atoms with van der Waals surface area (Å²) >= 11 is 0. The standard InChI is InChI=1S/C30H26O4/c1-5-22-11-13-26(19-24(22)7-3)29(31)33-18-17-21-9-15-28(16-10-21)34-30(32)27-14-12-23(6-2)25(8-4)20-27/h5-16,19-20H,1-4,17-18H2. The molecular weight excluding hydrogens is 424 g/mol. The van der Waals surface area contributed by atoms with Crippen LogP contribution < -0.4 is 4.74 Å². The Bertz CT molecular complexity index is 1250.